The Hall–Kier alpha value is -1.42. The van der Waals surface area contributed by atoms with E-state index in [4.69, 9.17) is 0 Å². The van der Waals surface area contributed by atoms with Crippen molar-refractivity contribution in [1.29, 1.82) is 0 Å². The fourth-order valence-corrected chi connectivity index (χ4v) is 1.66. The molecule has 4 nitrogen and oxygen atoms in total. The zero-order chi connectivity index (χ0) is 11.5. The van der Waals surface area contributed by atoms with E-state index < -0.39 is 0 Å². The summed E-state index contributed by atoms with van der Waals surface area (Å²) in [7, 11) is 0. The maximum Gasteiger partial charge on any atom is 0.160 e. The second-order valence-corrected chi connectivity index (χ2v) is 4.51. The van der Waals surface area contributed by atoms with E-state index in [1.54, 1.807) is 0 Å². The van der Waals surface area contributed by atoms with Crippen molar-refractivity contribution in [2.24, 2.45) is 5.92 Å². The zero-order valence-electron chi connectivity index (χ0n) is 10.0. The number of hydrogen-bond donors (Lipinski definition) is 1. The predicted octanol–water partition coefficient (Wildman–Crippen LogP) is 2.04. The Balaban J connectivity index is 2.19. The van der Waals surface area contributed by atoms with E-state index in [1.807, 2.05) is 28.8 Å². The molecule has 16 heavy (non-hydrogen) atoms. The minimum absolute atomic E-state index is 0.222. The number of aromatic nitrogens is 3. The van der Waals surface area contributed by atoms with E-state index >= 15 is 0 Å². The van der Waals surface area contributed by atoms with Crippen LogP contribution in [0.4, 0.5) is 0 Å². The van der Waals surface area contributed by atoms with Gasteiger partial charge in [-0.25, -0.2) is 0 Å². The molecule has 0 amide bonds. The lowest BCUT2D eigenvalue weighted by Crippen LogP contribution is -2.24. The number of nitrogens with zero attached hydrogens (tertiary/aromatic N) is 3. The number of pyridine rings is 1. The smallest absolute Gasteiger partial charge is 0.160 e. The van der Waals surface area contributed by atoms with Crippen LogP contribution in [0.15, 0.2) is 24.4 Å². The summed E-state index contributed by atoms with van der Waals surface area (Å²) in [6.07, 6.45) is 2.00. The monoisotopic (exact) mass is 218 g/mol. The molecule has 0 saturated heterocycles. The molecule has 0 aromatic carbocycles. The van der Waals surface area contributed by atoms with Gasteiger partial charge in [-0.1, -0.05) is 19.9 Å². The van der Waals surface area contributed by atoms with Crippen LogP contribution >= 0.6 is 0 Å². The second kappa shape index (κ2) is 4.61. The molecule has 0 aliphatic heterocycles. The number of rotatable bonds is 4. The molecule has 2 heterocycles. The first kappa shape index (κ1) is 11.1. The molecule has 2 rings (SSSR count). The number of fused-ring (bicyclic) bond motifs is 1. The van der Waals surface area contributed by atoms with Gasteiger partial charge in [-0.3, -0.25) is 4.40 Å². The normalized spacial score (nSPS) is 13.5. The molecular weight excluding hydrogens is 200 g/mol. The molecule has 4 heteroatoms. The van der Waals surface area contributed by atoms with E-state index in [9.17, 15) is 0 Å². The van der Waals surface area contributed by atoms with Crippen molar-refractivity contribution >= 4 is 5.65 Å². The van der Waals surface area contributed by atoms with Crippen molar-refractivity contribution in [3.63, 3.8) is 0 Å². The fourth-order valence-electron chi connectivity index (χ4n) is 1.66. The third kappa shape index (κ3) is 2.22. The predicted molar refractivity (Wildman–Crippen MR) is 64.2 cm³/mol. The Morgan fingerprint density at radius 1 is 1.25 bits per heavy atom. The van der Waals surface area contributed by atoms with Crippen LogP contribution in [-0.4, -0.2) is 21.1 Å². The van der Waals surface area contributed by atoms with Gasteiger partial charge in [0.15, 0.2) is 11.5 Å². The lowest BCUT2D eigenvalue weighted by molar-refractivity contribution is 0.479. The summed E-state index contributed by atoms with van der Waals surface area (Å²) >= 11 is 0. The van der Waals surface area contributed by atoms with Crippen molar-refractivity contribution in [1.82, 2.24) is 19.9 Å². The summed E-state index contributed by atoms with van der Waals surface area (Å²) in [5.74, 6) is 1.61. The first-order chi connectivity index (χ1) is 7.68. The minimum Gasteiger partial charge on any atom is -0.307 e. The molecule has 1 atom stereocenters. The van der Waals surface area contributed by atoms with Crippen LogP contribution in [0.25, 0.3) is 5.65 Å². The molecule has 0 unspecified atom stereocenters. The van der Waals surface area contributed by atoms with Gasteiger partial charge in [0.05, 0.1) is 6.04 Å². The zero-order valence-corrected chi connectivity index (χ0v) is 10.0. The fraction of sp³-hybridized carbons (Fsp3) is 0.500. The average molecular weight is 218 g/mol. The van der Waals surface area contributed by atoms with Crippen LogP contribution in [0.1, 0.15) is 32.6 Å². The molecule has 0 radical (unpaired) electrons. The maximum absolute atomic E-state index is 4.22. The van der Waals surface area contributed by atoms with Crippen LogP contribution in [-0.2, 0) is 0 Å². The van der Waals surface area contributed by atoms with E-state index in [0.717, 1.165) is 18.0 Å². The molecule has 2 aromatic heterocycles. The number of hydrogen-bond acceptors (Lipinski definition) is 3. The third-order valence-corrected chi connectivity index (χ3v) is 2.56. The van der Waals surface area contributed by atoms with Gasteiger partial charge >= 0.3 is 0 Å². The molecule has 0 saturated carbocycles. The van der Waals surface area contributed by atoms with Crippen molar-refractivity contribution in [3.8, 4) is 0 Å². The van der Waals surface area contributed by atoms with Gasteiger partial charge in [0, 0.05) is 6.20 Å². The van der Waals surface area contributed by atoms with Crippen molar-refractivity contribution in [2.75, 3.05) is 6.54 Å². The highest BCUT2D eigenvalue weighted by molar-refractivity contribution is 5.37. The van der Waals surface area contributed by atoms with E-state index in [2.05, 4.69) is 36.3 Å². The van der Waals surface area contributed by atoms with Crippen LogP contribution in [0.3, 0.4) is 0 Å². The number of nitrogens with one attached hydrogen (secondary N) is 1. The van der Waals surface area contributed by atoms with Crippen LogP contribution in [0.2, 0.25) is 0 Å². The first-order valence-corrected chi connectivity index (χ1v) is 5.71. The van der Waals surface area contributed by atoms with Gasteiger partial charge in [-0.05, 0) is 31.5 Å². The maximum atomic E-state index is 4.22. The van der Waals surface area contributed by atoms with Gasteiger partial charge in [-0.2, -0.15) is 0 Å². The Morgan fingerprint density at radius 2 is 2.06 bits per heavy atom. The Bertz CT molecular complexity index is 461. The summed E-state index contributed by atoms with van der Waals surface area (Å²) < 4.78 is 2.03. The van der Waals surface area contributed by atoms with Crippen LogP contribution in [0, 0.1) is 5.92 Å². The lowest BCUT2D eigenvalue weighted by atomic mass is 10.2. The molecule has 2 aromatic rings. The highest BCUT2D eigenvalue weighted by Crippen LogP contribution is 2.11. The Labute approximate surface area is 95.7 Å². The Morgan fingerprint density at radius 3 is 2.81 bits per heavy atom. The summed E-state index contributed by atoms with van der Waals surface area (Å²) in [5, 5.41) is 11.8. The molecule has 0 spiro atoms. The van der Waals surface area contributed by atoms with Crippen molar-refractivity contribution in [2.45, 2.75) is 26.8 Å². The van der Waals surface area contributed by atoms with E-state index in [-0.39, 0.29) is 6.04 Å². The second-order valence-electron chi connectivity index (χ2n) is 4.51. The molecule has 0 fully saturated rings. The van der Waals surface area contributed by atoms with Crippen molar-refractivity contribution < 1.29 is 0 Å². The van der Waals surface area contributed by atoms with Crippen LogP contribution in [0.5, 0.6) is 0 Å². The molecule has 0 bridgehead atoms. The van der Waals surface area contributed by atoms with Gasteiger partial charge in [0.1, 0.15) is 0 Å². The van der Waals surface area contributed by atoms with Crippen LogP contribution < -0.4 is 5.32 Å². The highest BCUT2D eigenvalue weighted by atomic mass is 15.3. The highest BCUT2D eigenvalue weighted by Gasteiger charge is 2.12. The standard InChI is InChI=1S/C12H18N4/c1-9(2)8-13-10(3)12-15-14-11-6-4-5-7-16(11)12/h4-7,9-10,13H,8H2,1-3H3/t10-/m0/s1. The SMILES string of the molecule is CC(C)CN[C@@H](C)c1nnc2ccccn12. The van der Waals surface area contributed by atoms with Gasteiger partial charge in [-0.15, -0.1) is 10.2 Å². The molecule has 86 valence electrons. The molecule has 0 aliphatic rings. The molecule has 1 N–H and O–H groups in total. The molecular formula is C12H18N4. The first-order valence-electron chi connectivity index (χ1n) is 5.71. The summed E-state index contributed by atoms with van der Waals surface area (Å²) in [5.41, 5.74) is 0.899. The van der Waals surface area contributed by atoms with Gasteiger partial charge < -0.3 is 5.32 Å². The summed E-state index contributed by atoms with van der Waals surface area (Å²) in [6.45, 7) is 7.50. The van der Waals surface area contributed by atoms with Gasteiger partial charge in [0.25, 0.3) is 0 Å². The Kier molecular flexibility index (Phi) is 3.19. The third-order valence-electron chi connectivity index (χ3n) is 2.56. The minimum atomic E-state index is 0.222. The quantitative estimate of drug-likeness (QED) is 0.854. The molecule has 0 aliphatic carbocycles. The van der Waals surface area contributed by atoms with Gasteiger partial charge in [0.2, 0.25) is 0 Å². The lowest BCUT2D eigenvalue weighted by Gasteiger charge is -2.13. The largest absolute Gasteiger partial charge is 0.307 e. The summed E-state index contributed by atoms with van der Waals surface area (Å²) in [6, 6.07) is 6.15. The average Bonchev–Trinajstić information content (AvgIpc) is 2.69. The van der Waals surface area contributed by atoms with Crippen molar-refractivity contribution in [3.05, 3.63) is 30.2 Å². The summed E-state index contributed by atoms with van der Waals surface area (Å²) in [4.78, 5) is 0. The van der Waals surface area contributed by atoms with E-state index in [0.29, 0.717) is 5.92 Å². The topological polar surface area (TPSA) is 42.2 Å². The van der Waals surface area contributed by atoms with E-state index in [1.165, 1.54) is 0 Å².